The zero-order valence-electron chi connectivity index (χ0n) is 8.75. The summed E-state index contributed by atoms with van der Waals surface area (Å²) in [5, 5.41) is 9.70. The Balaban J connectivity index is 4.18. The van der Waals surface area contributed by atoms with E-state index in [2.05, 4.69) is 0 Å². The number of hydrogen-bond acceptors (Lipinski definition) is 4. The summed E-state index contributed by atoms with van der Waals surface area (Å²) >= 11 is 0. The molecular formula is C9H21NO3. The highest BCUT2D eigenvalue weighted by Gasteiger charge is 2.33. The van der Waals surface area contributed by atoms with Gasteiger partial charge in [0.05, 0.1) is 0 Å². The normalized spacial score (nSPS) is 14.5. The van der Waals surface area contributed by atoms with E-state index in [1.165, 1.54) is 0 Å². The maximum absolute atomic E-state index is 9.70. The predicted molar refractivity (Wildman–Crippen MR) is 51.3 cm³/mol. The second kappa shape index (κ2) is 6.32. The second-order valence-electron chi connectivity index (χ2n) is 2.98. The fourth-order valence-electron chi connectivity index (χ4n) is 1.23. The van der Waals surface area contributed by atoms with Crippen molar-refractivity contribution in [1.29, 1.82) is 0 Å². The Bertz CT molecular complexity index is 124. The fraction of sp³-hybridized carbons (Fsp3) is 1.00. The van der Waals surface area contributed by atoms with Crippen molar-refractivity contribution < 1.29 is 14.6 Å². The summed E-state index contributed by atoms with van der Waals surface area (Å²) in [6, 6.07) is 0. The van der Waals surface area contributed by atoms with Crippen LogP contribution in [0.15, 0.2) is 0 Å². The Kier molecular flexibility index (Phi) is 6.24. The van der Waals surface area contributed by atoms with Gasteiger partial charge in [0.1, 0.15) is 6.10 Å². The number of nitrogens with two attached hydrogens (primary N) is 1. The van der Waals surface area contributed by atoms with Crippen LogP contribution in [0.25, 0.3) is 0 Å². The summed E-state index contributed by atoms with van der Waals surface area (Å²) in [5.74, 6) is -0.914. The van der Waals surface area contributed by atoms with Gasteiger partial charge in [-0.15, -0.1) is 0 Å². The van der Waals surface area contributed by atoms with Gasteiger partial charge in [-0.3, -0.25) is 0 Å². The molecule has 0 aromatic carbocycles. The van der Waals surface area contributed by atoms with Crippen molar-refractivity contribution in [2.24, 2.45) is 5.73 Å². The third-order valence-electron chi connectivity index (χ3n) is 1.91. The summed E-state index contributed by atoms with van der Waals surface area (Å²) in [7, 11) is 0. The van der Waals surface area contributed by atoms with Gasteiger partial charge >= 0.3 is 0 Å². The molecule has 0 bridgehead atoms. The van der Waals surface area contributed by atoms with Crippen molar-refractivity contribution in [3.8, 4) is 0 Å². The smallest absolute Gasteiger partial charge is 0.191 e. The SMILES string of the molecule is CCOC(C)(OCC)C(O)CCN. The molecule has 4 heteroatoms. The van der Waals surface area contributed by atoms with Crippen LogP contribution in [0.3, 0.4) is 0 Å². The van der Waals surface area contributed by atoms with Gasteiger partial charge in [0.15, 0.2) is 5.79 Å². The lowest BCUT2D eigenvalue weighted by Crippen LogP contribution is -2.45. The summed E-state index contributed by atoms with van der Waals surface area (Å²) in [4.78, 5) is 0. The summed E-state index contributed by atoms with van der Waals surface area (Å²) in [5.41, 5.74) is 5.35. The molecule has 0 aromatic rings. The molecule has 4 nitrogen and oxygen atoms in total. The first-order valence-corrected chi connectivity index (χ1v) is 4.76. The summed E-state index contributed by atoms with van der Waals surface area (Å²) in [6.07, 6.45) is -0.186. The Morgan fingerprint density at radius 2 is 1.77 bits per heavy atom. The summed E-state index contributed by atoms with van der Waals surface area (Å²) < 4.78 is 10.7. The molecule has 0 heterocycles. The third-order valence-corrected chi connectivity index (χ3v) is 1.91. The van der Waals surface area contributed by atoms with Gasteiger partial charge < -0.3 is 20.3 Å². The van der Waals surface area contributed by atoms with E-state index in [1.54, 1.807) is 6.92 Å². The van der Waals surface area contributed by atoms with Crippen molar-refractivity contribution >= 4 is 0 Å². The van der Waals surface area contributed by atoms with E-state index in [-0.39, 0.29) is 0 Å². The van der Waals surface area contributed by atoms with Crippen molar-refractivity contribution in [2.75, 3.05) is 19.8 Å². The van der Waals surface area contributed by atoms with E-state index in [9.17, 15) is 5.11 Å². The van der Waals surface area contributed by atoms with E-state index in [0.29, 0.717) is 26.2 Å². The number of hydrogen-bond donors (Lipinski definition) is 2. The molecule has 13 heavy (non-hydrogen) atoms. The fourth-order valence-corrected chi connectivity index (χ4v) is 1.23. The van der Waals surface area contributed by atoms with Gasteiger partial charge in [-0.05, 0) is 33.7 Å². The molecule has 1 unspecified atom stereocenters. The van der Waals surface area contributed by atoms with Crippen LogP contribution in [0.2, 0.25) is 0 Å². The van der Waals surface area contributed by atoms with Crippen LogP contribution in [0.5, 0.6) is 0 Å². The average molecular weight is 191 g/mol. The molecule has 0 rings (SSSR count). The van der Waals surface area contributed by atoms with Gasteiger partial charge in [-0.25, -0.2) is 0 Å². The van der Waals surface area contributed by atoms with E-state index in [0.717, 1.165) is 0 Å². The lowest BCUT2D eigenvalue weighted by Gasteiger charge is -2.33. The first kappa shape index (κ1) is 12.8. The molecular weight excluding hydrogens is 170 g/mol. The Labute approximate surface area is 80.0 Å². The van der Waals surface area contributed by atoms with E-state index >= 15 is 0 Å². The highest BCUT2D eigenvalue weighted by Crippen LogP contribution is 2.19. The zero-order chi connectivity index (χ0) is 10.3. The van der Waals surface area contributed by atoms with Gasteiger partial charge in [-0.2, -0.15) is 0 Å². The minimum Gasteiger partial charge on any atom is -0.387 e. The minimum absolute atomic E-state index is 0.427. The lowest BCUT2D eigenvalue weighted by molar-refractivity contribution is -0.269. The van der Waals surface area contributed by atoms with Crippen molar-refractivity contribution in [3.05, 3.63) is 0 Å². The molecule has 0 aliphatic heterocycles. The predicted octanol–water partition coefficient (Wildman–Crippen LogP) is 0.485. The molecule has 0 saturated carbocycles. The minimum atomic E-state index is -0.914. The maximum atomic E-state index is 9.70. The average Bonchev–Trinajstić information content (AvgIpc) is 2.05. The second-order valence-corrected chi connectivity index (χ2v) is 2.98. The number of aliphatic hydroxyl groups excluding tert-OH is 1. The number of rotatable bonds is 7. The monoisotopic (exact) mass is 191 g/mol. The molecule has 0 radical (unpaired) electrons. The van der Waals surface area contributed by atoms with Crippen LogP contribution in [-0.2, 0) is 9.47 Å². The van der Waals surface area contributed by atoms with Crippen LogP contribution in [0, 0.1) is 0 Å². The van der Waals surface area contributed by atoms with Crippen LogP contribution < -0.4 is 5.73 Å². The highest BCUT2D eigenvalue weighted by molar-refractivity contribution is 4.74. The first-order chi connectivity index (χ1) is 6.10. The zero-order valence-corrected chi connectivity index (χ0v) is 8.75. The molecule has 0 saturated heterocycles. The van der Waals surface area contributed by atoms with Crippen molar-refractivity contribution in [1.82, 2.24) is 0 Å². The highest BCUT2D eigenvalue weighted by atomic mass is 16.7. The third kappa shape index (κ3) is 4.04. The van der Waals surface area contributed by atoms with Crippen molar-refractivity contribution in [3.63, 3.8) is 0 Å². The van der Waals surface area contributed by atoms with Crippen LogP contribution in [0.4, 0.5) is 0 Å². The molecule has 0 aliphatic rings. The Morgan fingerprint density at radius 3 is 2.08 bits per heavy atom. The molecule has 3 N–H and O–H groups in total. The molecule has 1 atom stereocenters. The van der Waals surface area contributed by atoms with Gasteiger partial charge in [0.2, 0.25) is 0 Å². The largest absolute Gasteiger partial charge is 0.387 e. The lowest BCUT2D eigenvalue weighted by atomic mass is 10.1. The van der Waals surface area contributed by atoms with Gasteiger partial charge in [0.25, 0.3) is 0 Å². The maximum Gasteiger partial charge on any atom is 0.191 e. The topological polar surface area (TPSA) is 64.7 Å². The molecule has 0 aromatic heterocycles. The Hall–Kier alpha value is -0.160. The molecule has 0 amide bonds. The molecule has 0 spiro atoms. The van der Waals surface area contributed by atoms with E-state index < -0.39 is 11.9 Å². The van der Waals surface area contributed by atoms with Crippen molar-refractivity contribution in [2.45, 2.75) is 39.1 Å². The first-order valence-electron chi connectivity index (χ1n) is 4.76. The molecule has 0 aliphatic carbocycles. The van der Waals surface area contributed by atoms with Crippen LogP contribution in [-0.4, -0.2) is 36.8 Å². The van der Waals surface area contributed by atoms with E-state index in [1.807, 2.05) is 13.8 Å². The number of ether oxygens (including phenoxy) is 2. The van der Waals surface area contributed by atoms with Gasteiger partial charge in [-0.1, -0.05) is 0 Å². The molecule has 0 fully saturated rings. The Morgan fingerprint density at radius 1 is 1.31 bits per heavy atom. The summed E-state index contributed by atoms with van der Waals surface area (Å²) in [6.45, 7) is 6.92. The van der Waals surface area contributed by atoms with E-state index in [4.69, 9.17) is 15.2 Å². The standard InChI is InChI=1S/C9H21NO3/c1-4-12-9(3,13-5-2)8(11)6-7-10/h8,11H,4-7,10H2,1-3H3. The van der Waals surface area contributed by atoms with Crippen LogP contribution in [0.1, 0.15) is 27.2 Å². The van der Waals surface area contributed by atoms with Gasteiger partial charge in [0, 0.05) is 13.2 Å². The number of aliphatic hydroxyl groups is 1. The quantitative estimate of drug-likeness (QED) is 0.575. The van der Waals surface area contributed by atoms with Crippen LogP contribution >= 0.6 is 0 Å². The molecule has 80 valence electrons.